The number of rotatable bonds is 6. The molecule has 0 bridgehead atoms. The van der Waals surface area contributed by atoms with E-state index in [1.54, 1.807) is 0 Å². The molecule has 0 spiro atoms. The monoisotopic (exact) mass is 363 g/mol. The summed E-state index contributed by atoms with van der Waals surface area (Å²) in [5.41, 5.74) is -0.0383. The predicted molar refractivity (Wildman–Crippen MR) is 94.9 cm³/mol. The summed E-state index contributed by atoms with van der Waals surface area (Å²) in [4.78, 5) is 13.8. The van der Waals surface area contributed by atoms with Crippen LogP contribution in [0.3, 0.4) is 0 Å². The van der Waals surface area contributed by atoms with Crippen LogP contribution in [0.15, 0.2) is 0 Å². The molecule has 1 aliphatic heterocycles. The lowest BCUT2D eigenvalue weighted by Gasteiger charge is -2.29. The molecular weight excluding hydrogens is 333 g/mol. The number of carbonyl (C=O) groups is 1. The number of alkyl halides is 1. The Morgan fingerprint density at radius 2 is 2.00 bits per heavy atom. The molecule has 0 aromatic rings. The number of hydrogen-bond donors (Lipinski definition) is 1. The Kier molecular flexibility index (Phi) is 4.96. The molecule has 5 nitrogen and oxygen atoms in total. The van der Waals surface area contributed by atoms with Gasteiger partial charge in [0.2, 0.25) is 5.91 Å². The molecule has 0 unspecified atom stereocenters. The molecule has 26 heavy (non-hydrogen) atoms. The fraction of sp³-hybridized carbons (Fsp3) is 0.900. The predicted octanol–water partition coefficient (Wildman–Crippen LogP) is 2.41. The van der Waals surface area contributed by atoms with Crippen molar-refractivity contribution in [3.63, 3.8) is 0 Å². The largest absolute Gasteiger partial charge is 0.378 e. The van der Waals surface area contributed by atoms with E-state index in [-0.39, 0.29) is 31.0 Å². The zero-order chi connectivity index (χ0) is 18.3. The van der Waals surface area contributed by atoms with Crippen LogP contribution in [0.2, 0.25) is 0 Å². The van der Waals surface area contributed by atoms with Crippen molar-refractivity contribution >= 4 is 5.91 Å². The van der Waals surface area contributed by atoms with Crippen molar-refractivity contribution in [1.29, 1.82) is 5.26 Å². The number of halogens is 1. The molecule has 144 valence electrons. The van der Waals surface area contributed by atoms with Crippen molar-refractivity contribution in [3.8, 4) is 6.07 Å². The SMILES string of the molecule is C[C@]1(NCC(=O)N2C[C@@H](F)C[C@H]2C#N)C[C@H]2C[C@@H](OCC3CC3)C[C@H]2C1. The van der Waals surface area contributed by atoms with Gasteiger partial charge in [0.25, 0.3) is 0 Å². The highest BCUT2D eigenvalue weighted by Gasteiger charge is 2.48. The number of amides is 1. The van der Waals surface area contributed by atoms with E-state index in [1.807, 2.05) is 6.07 Å². The maximum Gasteiger partial charge on any atom is 0.237 e. The first kappa shape index (κ1) is 18.2. The number of ether oxygens (including phenoxy) is 1. The normalized spacial score (nSPS) is 42.0. The number of nitriles is 1. The molecule has 1 saturated heterocycles. The Hall–Kier alpha value is -1.19. The lowest BCUT2D eigenvalue weighted by Crippen LogP contribution is -2.48. The van der Waals surface area contributed by atoms with Gasteiger partial charge in [0.1, 0.15) is 12.2 Å². The second-order valence-corrected chi connectivity index (χ2v) is 9.24. The summed E-state index contributed by atoms with van der Waals surface area (Å²) in [6, 6.07) is 1.44. The van der Waals surface area contributed by atoms with Crippen molar-refractivity contribution in [1.82, 2.24) is 10.2 Å². The van der Waals surface area contributed by atoms with E-state index in [0.717, 1.165) is 38.2 Å². The fourth-order valence-electron chi connectivity index (χ4n) is 5.31. The number of carbonyl (C=O) groups excluding carboxylic acids is 1. The number of nitrogens with zero attached hydrogens (tertiary/aromatic N) is 2. The van der Waals surface area contributed by atoms with Gasteiger partial charge in [-0.2, -0.15) is 5.26 Å². The van der Waals surface area contributed by atoms with Gasteiger partial charge in [-0.25, -0.2) is 4.39 Å². The van der Waals surface area contributed by atoms with Crippen molar-refractivity contribution < 1.29 is 13.9 Å². The quantitative estimate of drug-likeness (QED) is 0.787. The van der Waals surface area contributed by atoms with Crippen LogP contribution in [0.5, 0.6) is 0 Å². The molecule has 0 aromatic carbocycles. The molecule has 0 aromatic heterocycles. The summed E-state index contributed by atoms with van der Waals surface area (Å²) in [5.74, 6) is 2.03. The Bertz CT molecular complexity index is 574. The number of fused-ring (bicyclic) bond motifs is 1. The Morgan fingerprint density at radius 1 is 1.31 bits per heavy atom. The maximum atomic E-state index is 13.5. The third kappa shape index (κ3) is 3.89. The lowest BCUT2D eigenvalue weighted by atomic mass is 9.95. The molecule has 4 fully saturated rings. The zero-order valence-corrected chi connectivity index (χ0v) is 15.6. The first-order valence-electron chi connectivity index (χ1n) is 10.2. The Balaban J connectivity index is 1.23. The minimum absolute atomic E-state index is 0.0383. The van der Waals surface area contributed by atoms with Crippen LogP contribution in [-0.4, -0.2) is 54.4 Å². The summed E-state index contributed by atoms with van der Waals surface area (Å²) >= 11 is 0. The van der Waals surface area contributed by atoms with Gasteiger partial charge in [-0.05, 0) is 63.2 Å². The summed E-state index contributed by atoms with van der Waals surface area (Å²) in [5, 5.41) is 12.5. The third-order valence-corrected chi connectivity index (χ3v) is 6.87. The molecule has 3 aliphatic carbocycles. The molecular formula is C20H30FN3O2. The first-order chi connectivity index (χ1) is 12.5. The molecule has 1 N–H and O–H groups in total. The summed E-state index contributed by atoms with van der Waals surface area (Å²) < 4.78 is 19.6. The van der Waals surface area contributed by atoms with E-state index in [4.69, 9.17) is 10.00 Å². The van der Waals surface area contributed by atoms with Crippen LogP contribution in [0, 0.1) is 29.1 Å². The summed E-state index contributed by atoms with van der Waals surface area (Å²) in [6.45, 7) is 3.39. The minimum atomic E-state index is -1.07. The standard InChI is InChI=1S/C20H30FN3O2/c1-20(23-10-19(25)24-11-16(21)6-17(24)9-22)7-14-4-18(5-15(14)8-20)26-12-13-2-3-13/h13-18,23H,2-8,10-12H2,1H3/t14-,15+,16-,17-,18-,20+/m0/s1. The van der Waals surface area contributed by atoms with E-state index in [1.165, 1.54) is 17.7 Å². The molecule has 1 amide bonds. The van der Waals surface area contributed by atoms with Crippen LogP contribution in [0.25, 0.3) is 0 Å². The molecule has 4 aliphatic rings. The van der Waals surface area contributed by atoms with Crippen LogP contribution >= 0.6 is 0 Å². The molecule has 6 heteroatoms. The zero-order valence-electron chi connectivity index (χ0n) is 15.6. The number of hydrogen-bond acceptors (Lipinski definition) is 4. The van der Waals surface area contributed by atoms with Gasteiger partial charge in [-0.3, -0.25) is 4.79 Å². The van der Waals surface area contributed by atoms with Crippen molar-refractivity contribution in [3.05, 3.63) is 0 Å². The van der Waals surface area contributed by atoms with Crippen LogP contribution in [0.1, 0.15) is 51.9 Å². The third-order valence-electron chi connectivity index (χ3n) is 6.87. The van der Waals surface area contributed by atoms with Gasteiger partial charge in [-0.1, -0.05) is 0 Å². The van der Waals surface area contributed by atoms with E-state index in [9.17, 15) is 9.18 Å². The van der Waals surface area contributed by atoms with E-state index in [0.29, 0.717) is 17.9 Å². The Labute approximate surface area is 155 Å². The van der Waals surface area contributed by atoms with Crippen LogP contribution in [-0.2, 0) is 9.53 Å². The highest BCUT2D eigenvalue weighted by atomic mass is 19.1. The van der Waals surface area contributed by atoms with E-state index >= 15 is 0 Å². The van der Waals surface area contributed by atoms with Gasteiger partial charge in [-0.15, -0.1) is 0 Å². The number of nitrogens with one attached hydrogen (secondary N) is 1. The average molecular weight is 363 g/mol. The molecule has 1 heterocycles. The first-order valence-corrected chi connectivity index (χ1v) is 10.2. The van der Waals surface area contributed by atoms with Crippen LogP contribution in [0.4, 0.5) is 4.39 Å². The second kappa shape index (κ2) is 7.09. The average Bonchev–Trinajstić information content (AvgIpc) is 3.14. The fourth-order valence-corrected chi connectivity index (χ4v) is 5.31. The summed E-state index contributed by atoms with van der Waals surface area (Å²) in [7, 11) is 0. The Morgan fingerprint density at radius 3 is 2.62 bits per heavy atom. The van der Waals surface area contributed by atoms with Crippen molar-refractivity contribution in [2.45, 2.75) is 75.7 Å². The smallest absolute Gasteiger partial charge is 0.237 e. The van der Waals surface area contributed by atoms with Crippen molar-refractivity contribution in [2.75, 3.05) is 19.7 Å². The molecule has 4 rings (SSSR count). The lowest BCUT2D eigenvalue weighted by molar-refractivity contribution is -0.130. The molecule has 3 saturated carbocycles. The summed E-state index contributed by atoms with van der Waals surface area (Å²) in [6.07, 6.45) is 6.61. The molecule has 6 atom stereocenters. The second-order valence-electron chi connectivity index (χ2n) is 9.24. The number of likely N-dealkylation sites (tertiary alicyclic amines) is 1. The van der Waals surface area contributed by atoms with Crippen LogP contribution < -0.4 is 5.32 Å². The highest BCUT2D eigenvalue weighted by Crippen LogP contribution is 2.49. The van der Waals surface area contributed by atoms with Crippen molar-refractivity contribution in [2.24, 2.45) is 17.8 Å². The topological polar surface area (TPSA) is 65.4 Å². The van der Waals surface area contributed by atoms with Gasteiger partial charge in [0.15, 0.2) is 0 Å². The highest BCUT2D eigenvalue weighted by molar-refractivity contribution is 5.79. The minimum Gasteiger partial charge on any atom is -0.378 e. The van der Waals surface area contributed by atoms with Gasteiger partial charge in [0, 0.05) is 18.6 Å². The van der Waals surface area contributed by atoms with Gasteiger partial charge >= 0.3 is 0 Å². The van der Waals surface area contributed by atoms with E-state index in [2.05, 4.69) is 12.2 Å². The maximum absolute atomic E-state index is 13.5. The van der Waals surface area contributed by atoms with Gasteiger partial charge in [0.05, 0.1) is 25.3 Å². The van der Waals surface area contributed by atoms with E-state index < -0.39 is 12.2 Å². The molecule has 0 radical (unpaired) electrons. The van der Waals surface area contributed by atoms with Gasteiger partial charge < -0.3 is 15.0 Å².